The third kappa shape index (κ3) is 4.66. The number of halogens is 3. The Kier molecular flexibility index (Phi) is 6.29. The predicted molar refractivity (Wildman–Crippen MR) is 119 cm³/mol. The lowest BCUT2D eigenvalue weighted by atomic mass is 9.77. The van der Waals surface area contributed by atoms with Crippen molar-refractivity contribution in [1.29, 1.82) is 0 Å². The van der Waals surface area contributed by atoms with Crippen molar-refractivity contribution in [3.8, 4) is 0 Å². The Morgan fingerprint density at radius 3 is 2.50 bits per heavy atom. The van der Waals surface area contributed by atoms with E-state index in [4.69, 9.17) is 0 Å². The van der Waals surface area contributed by atoms with Crippen molar-refractivity contribution in [2.24, 2.45) is 5.92 Å². The molecule has 4 rings (SSSR count). The van der Waals surface area contributed by atoms with Crippen LogP contribution >= 0.6 is 0 Å². The molecule has 1 heterocycles. The monoisotopic (exact) mass is 466 g/mol. The molecule has 2 aliphatic rings. The topological polar surface area (TPSA) is 49.4 Å². The first-order chi connectivity index (χ1) is 15.1. The summed E-state index contributed by atoms with van der Waals surface area (Å²) in [5, 5.41) is 0. The zero-order valence-corrected chi connectivity index (χ0v) is 19.1. The van der Waals surface area contributed by atoms with E-state index in [0.29, 0.717) is 17.5 Å². The Hall–Kier alpha value is -2.06. The first-order valence-corrected chi connectivity index (χ1v) is 12.6. The second-order valence-electron chi connectivity index (χ2n) is 9.02. The standard InChI is InChI=1S/C24H29F3N2O2S/c1-3-12-29-14-19-5-4-18-13-20(8-11-22(18)23(19)15-29)28-32(30,31)21-9-6-17(7-10-21)16(2)24(25,26)27/h6-11,13,16,19,23,28H,3-5,12,14-15H2,1-2H3. The quantitative estimate of drug-likeness (QED) is 0.610. The summed E-state index contributed by atoms with van der Waals surface area (Å²) in [6.07, 6.45) is -1.19. The molecule has 3 atom stereocenters. The molecular formula is C24H29F3N2O2S. The fourth-order valence-electron chi connectivity index (χ4n) is 5.03. The fourth-order valence-corrected chi connectivity index (χ4v) is 6.08. The first kappa shape index (κ1) is 23.1. The average Bonchev–Trinajstić information content (AvgIpc) is 3.15. The van der Waals surface area contributed by atoms with Crippen molar-refractivity contribution < 1.29 is 21.6 Å². The largest absolute Gasteiger partial charge is 0.395 e. The smallest absolute Gasteiger partial charge is 0.302 e. The van der Waals surface area contributed by atoms with Crippen LogP contribution < -0.4 is 4.72 Å². The molecule has 0 amide bonds. The summed E-state index contributed by atoms with van der Waals surface area (Å²) in [5.41, 5.74) is 3.01. The predicted octanol–water partition coefficient (Wildman–Crippen LogP) is 5.52. The van der Waals surface area contributed by atoms with Gasteiger partial charge in [0.2, 0.25) is 0 Å². The van der Waals surface area contributed by atoms with Crippen LogP contribution in [0.1, 0.15) is 55.2 Å². The Balaban J connectivity index is 1.50. The van der Waals surface area contributed by atoms with Gasteiger partial charge in [-0.15, -0.1) is 0 Å². The number of benzene rings is 2. The third-order valence-corrected chi connectivity index (χ3v) is 8.21. The third-order valence-electron chi connectivity index (χ3n) is 6.82. The minimum atomic E-state index is -4.37. The second-order valence-corrected chi connectivity index (χ2v) is 10.7. The first-order valence-electron chi connectivity index (χ1n) is 11.1. The summed E-state index contributed by atoms with van der Waals surface area (Å²) < 4.78 is 66.9. The van der Waals surface area contributed by atoms with Gasteiger partial charge in [-0.05, 0) is 79.6 Å². The van der Waals surface area contributed by atoms with E-state index in [1.165, 1.54) is 35.4 Å². The van der Waals surface area contributed by atoms with Crippen LogP contribution in [0.2, 0.25) is 0 Å². The van der Waals surface area contributed by atoms with Crippen LogP contribution in [0.25, 0.3) is 0 Å². The number of fused-ring (bicyclic) bond motifs is 3. The minimum absolute atomic E-state index is 0.0356. The van der Waals surface area contributed by atoms with E-state index in [2.05, 4.69) is 16.5 Å². The van der Waals surface area contributed by atoms with Crippen LogP contribution in [-0.4, -0.2) is 39.1 Å². The molecule has 0 saturated carbocycles. The van der Waals surface area contributed by atoms with E-state index in [1.807, 2.05) is 12.1 Å². The number of hydrogen-bond acceptors (Lipinski definition) is 3. The molecule has 8 heteroatoms. The molecule has 1 saturated heterocycles. The van der Waals surface area contributed by atoms with Crippen LogP contribution in [0.5, 0.6) is 0 Å². The van der Waals surface area contributed by atoms with E-state index in [1.54, 1.807) is 6.07 Å². The molecule has 2 aromatic carbocycles. The van der Waals surface area contributed by atoms with Crippen LogP contribution in [0.15, 0.2) is 47.4 Å². The van der Waals surface area contributed by atoms with E-state index >= 15 is 0 Å². The zero-order valence-electron chi connectivity index (χ0n) is 18.3. The van der Waals surface area contributed by atoms with Gasteiger partial charge in [0.05, 0.1) is 10.8 Å². The highest BCUT2D eigenvalue weighted by Gasteiger charge is 2.38. The van der Waals surface area contributed by atoms with Crippen molar-refractivity contribution in [1.82, 2.24) is 4.90 Å². The molecule has 4 nitrogen and oxygen atoms in total. The highest BCUT2D eigenvalue weighted by molar-refractivity contribution is 7.92. The van der Waals surface area contributed by atoms with Crippen LogP contribution in [0.3, 0.4) is 0 Å². The summed E-state index contributed by atoms with van der Waals surface area (Å²) >= 11 is 0. The molecule has 1 N–H and O–H groups in total. The molecule has 0 aromatic heterocycles. The number of sulfonamides is 1. The molecule has 2 aromatic rings. The summed E-state index contributed by atoms with van der Waals surface area (Å²) in [5.74, 6) is -0.492. The summed E-state index contributed by atoms with van der Waals surface area (Å²) in [6.45, 7) is 6.55. The number of likely N-dealkylation sites (tertiary alicyclic amines) is 1. The number of rotatable bonds is 6. The Bertz CT molecular complexity index is 1070. The summed E-state index contributed by atoms with van der Waals surface area (Å²) in [6, 6.07) is 10.6. The maximum absolute atomic E-state index is 12.9. The molecule has 0 spiro atoms. The van der Waals surface area contributed by atoms with E-state index in [-0.39, 0.29) is 10.5 Å². The number of hydrogen-bond donors (Lipinski definition) is 1. The van der Waals surface area contributed by atoms with Gasteiger partial charge in [0.25, 0.3) is 10.0 Å². The molecule has 1 aliphatic heterocycles. The van der Waals surface area contributed by atoms with Gasteiger partial charge >= 0.3 is 6.18 Å². The van der Waals surface area contributed by atoms with Crippen molar-refractivity contribution in [2.45, 2.75) is 56.0 Å². The van der Waals surface area contributed by atoms with Crippen molar-refractivity contribution in [3.05, 3.63) is 59.2 Å². The van der Waals surface area contributed by atoms with E-state index < -0.39 is 22.1 Å². The average molecular weight is 467 g/mol. The van der Waals surface area contributed by atoms with Crippen molar-refractivity contribution in [3.63, 3.8) is 0 Å². The number of aryl methyl sites for hydroxylation is 1. The van der Waals surface area contributed by atoms with Gasteiger partial charge in [0.1, 0.15) is 0 Å². The summed E-state index contributed by atoms with van der Waals surface area (Å²) in [4.78, 5) is 2.46. The highest BCUT2D eigenvalue weighted by Crippen LogP contribution is 2.42. The lowest BCUT2D eigenvalue weighted by molar-refractivity contribution is -0.146. The molecule has 0 bridgehead atoms. The maximum Gasteiger partial charge on any atom is 0.395 e. The van der Waals surface area contributed by atoms with Crippen LogP contribution in [0.4, 0.5) is 18.9 Å². The lowest BCUT2D eigenvalue weighted by Gasteiger charge is -2.28. The Morgan fingerprint density at radius 1 is 1.12 bits per heavy atom. The number of nitrogens with one attached hydrogen (secondary N) is 1. The molecule has 3 unspecified atom stereocenters. The highest BCUT2D eigenvalue weighted by atomic mass is 32.2. The lowest BCUT2D eigenvalue weighted by Crippen LogP contribution is -2.21. The Morgan fingerprint density at radius 2 is 1.84 bits per heavy atom. The van der Waals surface area contributed by atoms with Crippen LogP contribution in [-0.2, 0) is 16.4 Å². The van der Waals surface area contributed by atoms with Gasteiger partial charge in [0.15, 0.2) is 0 Å². The van der Waals surface area contributed by atoms with Gasteiger partial charge in [-0.25, -0.2) is 8.42 Å². The second kappa shape index (κ2) is 8.71. The molecule has 1 fully saturated rings. The number of alkyl halides is 3. The molecule has 32 heavy (non-hydrogen) atoms. The van der Waals surface area contributed by atoms with E-state index in [9.17, 15) is 21.6 Å². The van der Waals surface area contributed by atoms with Gasteiger partial charge in [-0.2, -0.15) is 13.2 Å². The van der Waals surface area contributed by atoms with Gasteiger partial charge < -0.3 is 4.90 Å². The molecule has 174 valence electrons. The zero-order chi connectivity index (χ0) is 23.1. The fraction of sp³-hybridized carbons (Fsp3) is 0.500. The maximum atomic E-state index is 12.9. The molecule has 0 radical (unpaired) electrons. The van der Waals surface area contributed by atoms with Gasteiger partial charge in [0, 0.05) is 24.7 Å². The normalized spacial score (nSPS) is 22.3. The van der Waals surface area contributed by atoms with Crippen molar-refractivity contribution >= 4 is 15.7 Å². The van der Waals surface area contributed by atoms with Crippen molar-refractivity contribution in [2.75, 3.05) is 24.4 Å². The minimum Gasteiger partial charge on any atom is -0.302 e. The number of nitrogens with zero attached hydrogens (tertiary/aromatic N) is 1. The SMILES string of the molecule is CCCN1CC2CCc3cc(NS(=O)(=O)c4ccc(C(C)C(F)(F)F)cc4)ccc3C2C1. The number of anilines is 1. The molecular weight excluding hydrogens is 437 g/mol. The Labute approximate surface area is 187 Å². The summed E-state index contributed by atoms with van der Waals surface area (Å²) in [7, 11) is -3.89. The van der Waals surface area contributed by atoms with Gasteiger partial charge in [-0.1, -0.05) is 25.1 Å². The van der Waals surface area contributed by atoms with Gasteiger partial charge in [-0.3, -0.25) is 4.72 Å². The molecule has 1 aliphatic carbocycles. The van der Waals surface area contributed by atoms with Crippen LogP contribution in [0, 0.1) is 5.92 Å². The van der Waals surface area contributed by atoms with E-state index in [0.717, 1.165) is 45.8 Å².